The highest BCUT2D eigenvalue weighted by Gasteiger charge is 2.11. The van der Waals surface area contributed by atoms with Crippen molar-refractivity contribution in [2.75, 3.05) is 5.32 Å². The molecule has 0 aliphatic carbocycles. The summed E-state index contributed by atoms with van der Waals surface area (Å²) in [5.41, 5.74) is 1.53. The van der Waals surface area contributed by atoms with Crippen LogP contribution in [0.2, 0.25) is 0 Å². The highest BCUT2D eigenvalue weighted by Crippen LogP contribution is 2.15. The normalized spacial score (nSPS) is 10.9. The molecule has 3 aromatic heterocycles. The maximum absolute atomic E-state index is 12.4. The standard InChI is InChI=1S/C15H15N5O2S/c1-9-3-4-11(16-7-9)18-12(21)5-6-20-8-17-14-13(15(20)22)10(2)19-23-14/h3-4,7-8H,5-6H2,1-2H3,(H,16,18,21). The summed E-state index contributed by atoms with van der Waals surface area (Å²) in [5, 5.41) is 3.23. The van der Waals surface area contributed by atoms with Crippen molar-refractivity contribution in [2.45, 2.75) is 26.8 Å². The molecule has 118 valence electrons. The zero-order valence-electron chi connectivity index (χ0n) is 12.7. The summed E-state index contributed by atoms with van der Waals surface area (Å²) < 4.78 is 5.57. The van der Waals surface area contributed by atoms with Crippen molar-refractivity contribution in [1.82, 2.24) is 18.9 Å². The first kappa shape index (κ1) is 15.3. The lowest BCUT2D eigenvalue weighted by atomic mass is 10.3. The van der Waals surface area contributed by atoms with Crippen LogP contribution >= 0.6 is 11.5 Å². The van der Waals surface area contributed by atoms with Gasteiger partial charge in [-0.3, -0.25) is 14.2 Å². The average molecular weight is 329 g/mol. The van der Waals surface area contributed by atoms with Crippen LogP contribution in [0.3, 0.4) is 0 Å². The Balaban J connectivity index is 1.69. The molecular formula is C15H15N5O2S. The highest BCUT2D eigenvalue weighted by atomic mass is 32.1. The van der Waals surface area contributed by atoms with Crippen LogP contribution < -0.4 is 10.9 Å². The highest BCUT2D eigenvalue weighted by molar-refractivity contribution is 7.12. The minimum Gasteiger partial charge on any atom is -0.311 e. The summed E-state index contributed by atoms with van der Waals surface area (Å²) >= 11 is 1.20. The van der Waals surface area contributed by atoms with Gasteiger partial charge in [-0.1, -0.05) is 6.07 Å². The molecule has 0 radical (unpaired) electrons. The Labute approximate surface area is 136 Å². The van der Waals surface area contributed by atoms with Gasteiger partial charge in [0.15, 0.2) is 4.83 Å². The number of amides is 1. The predicted octanol–water partition coefficient (Wildman–Crippen LogP) is 1.89. The molecule has 0 atom stereocenters. The number of aryl methyl sites for hydroxylation is 3. The number of carbonyl (C=O) groups excluding carboxylic acids is 1. The van der Waals surface area contributed by atoms with Crippen LogP contribution in [0.1, 0.15) is 17.7 Å². The number of rotatable bonds is 4. The molecule has 0 aromatic carbocycles. The first-order valence-electron chi connectivity index (χ1n) is 7.08. The first-order chi connectivity index (χ1) is 11.0. The Morgan fingerprint density at radius 3 is 2.87 bits per heavy atom. The third-order valence-corrected chi connectivity index (χ3v) is 4.24. The van der Waals surface area contributed by atoms with E-state index in [4.69, 9.17) is 0 Å². The molecule has 7 nitrogen and oxygen atoms in total. The van der Waals surface area contributed by atoms with Gasteiger partial charge in [0.2, 0.25) is 5.91 Å². The van der Waals surface area contributed by atoms with E-state index in [0.29, 0.717) is 21.7 Å². The molecule has 0 unspecified atom stereocenters. The quantitative estimate of drug-likeness (QED) is 0.789. The van der Waals surface area contributed by atoms with Gasteiger partial charge in [0.05, 0.1) is 17.4 Å². The van der Waals surface area contributed by atoms with E-state index in [2.05, 4.69) is 19.7 Å². The number of carbonyl (C=O) groups is 1. The molecule has 0 fully saturated rings. The summed E-state index contributed by atoms with van der Waals surface area (Å²) in [6.07, 6.45) is 3.31. The van der Waals surface area contributed by atoms with E-state index < -0.39 is 0 Å². The van der Waals surface area contributed by atoms with Crippen molar-refractivity contribution in [2.24, 2.45) is 0 Å². The van der Waals surface area contributed by atoms with E-state index in [9.17, 15) is 9.59 Å². The molecule has 23 heavy (non-hydrogen) atoms. The van der Waals surface area contributed by atoms with Gasteiger partial charge in [-0.2, -0.15) is 4.37 Å². The van der Waals surface area contributed by atoms with Crippen molar-refractivity contribution in [3.8, 4) is 0 Å². The van der Waals surface area contributed by atoms with Crippen LogP contribution in [0.4, 0.5) is 5.82 Å². The molecule has 3 aromatic rings. The maximum atomic E-state index is 12.4. The Morgan fingerprint density at radius 2 is 2.13 bits per heavy atom. The topological polar surface area (TPSA) is 89.8 Å². The number of fused-ring (bicyclic) bond motifs is 1. The largest absolute Gasteiger partial charge is 0.311 e. The Bertz CT molecular complexity index is 914. The number of hydrogen-bond donors (Lipinski definition) is 1. The molecule has 1 amide bonds. The number of nitrogens with one attached hydrogen (secondary N) is 1. The van der Waals surface area contributed by atoms with Crippen LogP contribution in [0.15, 0.2) is 29.5 Å². The number of nitrogens with zero attached hydrogens (tertiary/aromatic N) is 4. The smallest absolute Gasteiger partial charge is 0.263 e. The summed E-state index contributed by atoms with van der Waals surface area (Å²) in [6.45, 7) is 3.96. The second-order valence-electron chi connectivity index (χ2n) is 5.21. The molecule has 0 spiro atoms. The van der Waals surface area contributed by atoms with Crippen LogP contribution in [-0.2, 0) is 11.3 Å². The molecule has 0 aliphatic heterocycles. The second-order valence-corrected chi connectivity index (χ2v) is 5.96. The monoisotopic (exact) mass is 329 g/mol. The van der Waals surface area contributed by atoms with E-state index in [1.165, 1.54) is 22.4 Å². The van der Waals surface area contributed by atoms with Crippen LogP contribution in [0.25, 0.3) is 10.2 Å². The lowest BCUT2D eigenvalue weighted by Crippen LogP contribution is -2.23. The Hall–Kier alpha value is -2.61. The van der Waals surface area contributed by atoms with Crippen LogP contribution in [0, 0.1) is 13.8 Å². The zero-order chi connectivity index (χ0) is 16.4. The van der Waals surface area contributed by atoms with E-state index in [-0.39, 0.29) is 24.4 Å². The van der Waals surface area contributed by atoms with Crippen molar-refractivity contribution >= 4 is 33.5 Å². The number of pyridine rings is 1. The molecule has 3 rings (SSSR count). The SMILES string of the molecule is Cc1ccc(NC(=O)CCn2cnc3snc(C)c3c2=O)nc1. The molecule has 0 saturated carbocycles. The second kappa shape index (κ2) is 6.25. The average Bonchev–Trinajstić information content (AvgIpc) is 2.91. The first-order valence-corrected chi connectivity index (χ1v) is 7.86. The number of aromatic nitrogens is 4. The zero-order valence-corrected chi connectivity index (χ0v) is 13.6. The summed E-state index contributed by atoms with van der Waals surface area (Å²) in [5.74, 6) is 0.299. The van der Waals surface area contributed by atoms with E-state index in [1.54, 1.807) is 19.2 Å². The molecule has 1 N–H and O–H groups in total. The van der Waals surface area contributed by atoms with Crippen LogP contribution in [-0.4, -0.2) is 24.8 Å². The van der Waals surface area contributed by atoms with Gasteiger partial charge in [0.1, 0.15) is 5.82 Å². The third-order valence-electron chi connectivity index (χ3n) is 3.39. The van der Waals surface area contributed by atoms with E-state index in [0.717, 1.165) is 5.56 Å². The van der Waals surface area contributed by atoms with Gasteiger partial charge in [0, 0.05) is 19.2 Å². The molecule has 0 saturated heterocycles. The number of anilines is 1. The number of hydrogen-bond acceptors (Lipinski definition) is 6. The third kappa shape index (κ3) is 3.26. The van der Waals surface area contributed by atoms with Crippen molar-refractivity contribution in [1.29, 1.82) is 0 Å². The molecular weight excluding hydrogens is 314 g/mol. The minimum absolute atomic E-state index is 0.164. The van der Waals surface area contributed by atoms with Crippen molar-refractivity contribution in [3.63, 3.8) is 0 Å². The predicted molar refractivity (Wildman–Crippen MR) is 88.6 cm³/mol. The van der Waals surface area contributed by atoms with Crippen molar-refractivity contribution in [3.05, 3.63) is 46.3 Å². The van der Waals surface area contributed by atoms with Gasteiger partial charge in [0.25, 0.3) is 5.56 Å². The summed E-state index contributed by atoms with van der Waals surface area (Å²) in [7, 11) is 0. The Morgan fingerprint density at radius 1 is 1.30 bits per heavy atom. The molecule has 0 aliphatic rings. The van der Waals surface area contributed by atoms with Gasteiger partial charge in [-0.25, -0.2) is 9.97 Å². The van der Waals surface area contributed by atoms with E-state index in [1.807, 2.05) is 13.0 Å². The van der Waals surface area contributed by atoms with Gasteiger partial charge in [-0.05, 0) is 37.0 Å². The summed E-state index contributed by atoms with van der Waals surface area (Å²) in [4.78, 5) is 33.3. The van der Waals surface area contributed by atoms with Crippen LogP contribution in [0.5, 0.6) is 0 Å². The fourth-order valence-corrected chi connectivity index (χ4v) is 2.87. The molecule has 0 bridgehead atoms. The molecule has 3 heterocycles. The van der Waals surface area contributed by atoms with Gasteiger partial charge < -0.3 is 5.32 Å². The maximum Gasteiger partial charge on any atom is 0.263 e. The lowest BCUT2D eigenvalue weighted by Gasteiger charge is -2.06. The minimum atomic E-state index is -0.200. The fraction of sp³-hybridized carbons (Fsp3) is 0.267. The summed E-state index contributed by atoms with van der Waals surface area (Å²) in [6, 6.07) is 3.62. The Kier molecular flexibility index (Phi) is 4.16. The van der Waals surface area contributed by atoms with E-state index >= 15 is 0 Å². The molecule has 8 heteroatoms. The van der Waals surface area contributed by atoms with Crippen molar-refractivity contribution < 1.29 is 4.79 Å². The lowest BCUT2D eigenvalue weighted by molar-refractivity contribution is -0.116. The van der Waals surface area contributed by atoms with Gasteiger partial charge >= 0.3 is 0 Å². The van der Waals surface area contributed by atoms with Gasteiger partial charge in [-0.15, -0.1) is 0 Å². The fourth-order valence-electron chi connectivity index (χ4n) is 2.14.